The van der Waals surface area contributed by atoms with Crippen LogP contribution in [0.2, 0.25) is 0 Å². The van der Waals surface area contributed by atoms with E-state index in [0.717, 1.165) is 22.3 Å². The Labute approximate surface area is 89.9 Å². The van der Waals surface area contributed by atoms with Crippen molar-refractivity contribution in [2.75, 3.05) is 0 Å². The minimum absolute atomic E-state index is 0.690. The molecule has 72 valence electrons. The Bertz CT molecular complexity index is 438. The topological polar surface area (TPSA) is 54.5 Å². The van der Waals surface area contributed by atoms with E-state index in [0.29, 0.717) is 5.82 Å². The molecule has 0 spiro atoms. The highest BCUT2D eigenvalue weighted by molar-refractivity contribution is 9.10. The third-order valence-electron chi connectivity index (χ3n) is 1.83. The Balaban J connectivity index is 2.39. The molecule has 0 unspecified atom stereocenters. The van der Waals surface area contributed by atoms with Gasteiger partial charge in [0.1, 0.15) is 5.82 Å². The zero-order valence-corrected chi connectivity index (χ0v) is 9.24. The molecule has 0 saturated carbocycles. The average Bonchev–Trinajstić information content (AvgIpc) is 2.66. The minimum Gasteiger partial charge on any atom is -0.263 e. The van der Waals surface area contributed by atoms with Gasteiger partial charge in [0.2, 0.25) is 0 Å². The van der Waals surface area contributed by atoms with E-state index in [-0.39, 0.29) is 0 Å². The zero-order chi connectivity index (χ0) is 9.97. The van der Waals surface area contributed by atoms with Crippen molar-refractivity contribution in [2.24, 2.45) is 0 Å². The Morgan fingerprint density at radius 1 is 1.43 bits per heavy atom. The maximum absolute atomic E-state index is 4.31. The van der Waals surface area contributed by atoms with Crippen LogP contribution in [0, 0.1) is 0 Å². The number of aromatic nitrogens is 4. The summed E-state index contributed by atoms with van der Waals surface area (Å²) in [5.74, 6) is 1.58. The van der Waals surface area contributed by atoms with Gasteiger partial charge < -0.3 is 0 Å². The van der Waals surface area contributed by atoms with Crippen LogP contribution in [0.4, 0.5) is 0 Å². The fourth-order valence-corrected chi connectivity index (χ4v) is 1.48. The Kier molecular flexibility index (Phi) is 2.58. The first kappa shape index (κ1) is 9.33. The third-order valence-corrected chi connectivity index (χ3v) is 2.26. The molecule has 2 aromatic rings. The Hall–Kier alpha value is -1.23. The first-order chi connectivity index (χ1) is 6.79. The number of aryl methyl sites for hydroxylation is 1. The number of hydrogen-bond acceptors (Lipinski definition) is 3. The molecule has 1 N–H and O–H groups in total. The van der Waals surface area contributed by atoms with Crippen molar-refractivity contribution in [3.8, 4) is 11.4 Å². The summed E-state index contributed by atoms with van der Waals surface area (Å²) in [6, 6.07) is 1.94. The molecular weight excluding hydrogens is 244 g/mol. The Morgan fingerprint density at radius 3 is 2.93 bits per heavy atom. The van der Waals surface area contributed by atoms with Gasteiger partial charge in [-0.15, -0.1) is 0 Å². The highest BCUT2D eigenvalue weighted by atomic mass is 79.9. The second-order valence-corrected chi connectivity index (χ2v) is 3.77. The SMILES string of the molecule is CCc1nc(-c2cncc(Br)c2)n[nH]1. The van der Waals surface area contributed by atoms with Crippen molar-refractivity contribution in [3.63, 3.8) is 0 Å². The quantitative estimate of drug-likeness (QED) is 0.892. The fraction of sp³-hybridized carbons (Fsp3) is 0.222. The molecule has 2 heterocycles. The van der Waals surface area contributed by atoms with E-state index < -0.39 is 0 Å². The molecule has 0 radical (unpaired) electrons. The first-order valence-electron chi connectivity index (χ1n) is 4.32. The van der Waals surface area contributed by atoms with Crippen molar-refractivity contribution in [2.45, 2.75) is 13.3 Å². The molecule has 2 aromatic heterocycles. The van der Waals surface area contributed by atoms with Crippen LogP contribution in [0.3, 0.4) is 0 Å². The minimum atomic E-state index is 0.690. The lowest BCUT2D eigenvalue weighted by Crippen LogP contribution is -1.83. The predicted octanol–water partition coefficient (Wildman–Crippen LogP) is 2.19. The number of hydrogen-bond donors (Lipinski definition) is 1. The monoisotopic (exact) mass is 252 g/mol. The number of pyridine rings is 1. The van der Waals surface area contributed by atoms with Gasteiger partial charge in [-0.05, 0) is 22.0 Å². The number of aromatic amines is 1. The molecule has 0 aliphatic rings. The lowest BCUT2D eigenvalue weighted by Gasteiger charge is -1.93. The summed E-state index contributed by atoms with van der Waals surface area (Å²) in [6.07, 6.45) is 4.33. The maximum atomic E-state index is 4.31. The van der Waals surface area contributed by atoms with E-state index in [2.05, 4.69) is 36.1 Å². The summed E-state index contributed by atoms with van der Waals surface area (Å²) in [7, 11) is 0. The lowest BCUT2D eigenvalue weighted by molar-refractivity contribution is 0.946. The molecule has 5 heteroatoms. The summed E-state index contributed by atoms with van der Waals surface area (Å²) in [4.78, 5) is 8.37. The van der Waals surface area contributed by atoms with E-state index in [9.17, 15) is 0 Å². The molecule has 0 fully saturated rings. The maximum Gasteiger partial charge on any atom is 0.182 e. The van der Waals surface area contributed by atoms with Gasteiger partial charge in [0.15, 0.2) is 5.82 Å². The zero-order valence-electron chi connectivity index (χ0n) is 7.66. The first-order valence-corrected chi connectivity index (χ1v) is 5.11. The molecule has 0 bridgehead atoms. The normalized spacial score (nSPS) is 10.4. The molecule has 2 rings (SSSR count). The van der Waals surface area contributed by atoms with Gasteiger partial charge in [0.25, 0.3) is 0 Å². The summed E-state index contributed by atoms with van der Waals surface area (Å²) in [6.45, 7) is 2.03. The van der Waals surface area contributed by atoms with Crippen molar-refractivity contribution >= 4 is 15.9 Å². The molecule has 14 heavy (non-hydrogen) atoms. The summed E-state index contributed by atoms with van der Waals surface area (Å²) in [5.41, 5.74) is 0.912. The molecular formula is C9H9BrN4. The smallest absolute Gasteiger partial charge is 0.182 e. The van der Waals surface area contributed by atoms with Crippen molar-refractivity contribution in [3.05, 3.63) is 28.8 Å². The van der Waals surface area contributed by atoms with E-state index in [1.54, 1.807) is 12.4 Å². The van der Waals surface area contributed by atoms with Gasteiger partial charge in [-0.1, -0.05) is 6.92 Å². The second kappa shape index (κ2) is 3.88. The van der Waals surface area contributed by atoms with Crippen molar-refractivity contribution < 1.29 is 0 Å². The van der Waals surface area contributed by atoms with Crippen LogP contribution in [0.5, 0.6) is 0 Å². The number of rotatable bonds is 2. The second-order valence-electron chi connectivity index (χ2n) is 2.85. The lowest BCUT2D eigenvalue weighted by atomic mass is 10.3. The van der Waals surface area contributed by atoms with Crippen LogP contribution in [0.25, 0.3) is 11.4 Å². The van der Waals surface area contributed by atoms with Crippen LogP contribution in [0.1, 0.15) is 12.7 Å². The summed E-state index contributed by atoms with van der Waals surface area (Å²) in [5, 5.41) is 6.97. The van der Waals surface area contributed by atoms with Gasteiger partial charge in [-0.2, -0.15) is 5.10 Å². The van der Waals surface area contributed by atoms with Crippen LogP contribution in [-0.4, -0.2) is 20.2 Å². The highest BCUT2D eigenvalue weighted by Gasteiger charge is 2.04. The van der Waals surface area contributed by atoms with Crippen LogP contribution in [0.15, 0.2) is 22.9 Å². The van der Waals surface area contributed by atoms with Crippen LogP contribution < -0.4 is 0 Å². The number of nitrogens with zero attached hydrogens (tertiary/aromatic N) is 3. The highest BCUT2D eigenvalue weighted by Crippen LogP contribution is 2.17. The number of H-pyrrole nitrogens is 1. The average molecular weight is 253 g/mol. The molecule has 0 aromatic carbocycles. The summed E-state index contributed by atoms with van der Waals surface area (Å²) >= 11 is 3.36. The van der Waals surface area contributed by atoms with Crippen LogP contribution >= 0.6 is 15.9 Å². The Morgan fingerprint density at radius 2 is 2.29 bits per heavy atom. The predicted molar refractivity (Wildman–Crippen MR) is 56.7 cm³/mol. The standard InChI is InChI=1S/C9H9BrN4/c1-2-8-12-9(14-13-8)6-3-7(10)5-11-4-6/h3-5H,2H2,1H3,(H,12,13,14). The van der Waals surface area contributed by atoms with Gasteiger partial charge in [-0.3, -0.25) is 10.1 Å². The molecule has 4 nitrogen and oxygen atoms in total. The van der Waals surface area contributed by atoms with Gasteiger partial charge >= 0.3 is 0 Å². The molecule has 0 amide bonds. The number of halogens is 1. The van der Waals surface area contributed by atoms with Gasteiger partial charge in [0.05, 0.1) is 0 Å². The van der Waals surface area contributed by atoms with E-state index in [1.165, 1.54) is 0 Å². The molecule has 0 aliphatic heterocycles. The van der Waals surface area contributed by atoms with Crippen LogP contribution in [-0.2, 0) is 6.42 Å². The largest absolute Gasteiger partial charge is 0.263 e. The van der Waals surface area contributed by atoms with E-state index in [4.69, 9.17) is 0 Å². The number of nitrogens with one attached hydrogen (secondary N) is 1. The van der Waals surface area contributed by atoms with Gasteiger partial charge in [0, 0.05) is 28.9 Å². The van der Waals surface area contributed by atoms with E-state index >= 15 is 0 Å². The molecule has 0 saturated heterocycles. The third kappa shape index (κ3) is 1.82. The van der Waals surface area contributed by atoms with Crippen molar-refractivity contribution in [1.29, 1.82) is 0 Å². The van der Waals surface area contributed by atoms with Gasteiger partial charge in [-0.25, -0.2) is 4.98 Å². The van der Waals surface area contributed by atoms with Crippen molar-refractivity contribution in [1.82, 2.24) is 20.2 Å². The molecule has 0 atom stereocenters. The summed E-state index contributed by atoms with van der Waals surface area (Å²) < 4.78 is 0.929. The van der Waals surface area contributed by atoms with E-state index in [1.807, 2.05) is 13.0 Å². The molecule has 0 aliphatic carbocycles. The fourth-order valence-electron chi connectivity index (χ4n) is 1.12.